The van der Waals surface area contributed by atoms with Crippen LogP contribution in [-0.2, 0) is 0 Å². The smallest absolute Gasteiger partial charge is 0.131 e. The molecule has 0 saturated heterocycles. The Morgan fingerprint density at radius 2 is 2.06 bits per heavy atom. The molecule has 0 radical (unpaired) electrons. The Morgan fingerprint density at radius 1 is 1.31 bits per heavy atom. The molecule has 0 spiro atoms. The first kappa shape index (κ1) is 11.2. The summed E-state index contributed by atoms with van der Waals surface area (Å²) in [4.78, 5) is 4.19. The molecule has 16 heavy (non-hydrogen) atoms. The number of nitrogens with zero attached hydrogens (tertiary/aromatic N) is 1. The fourth-order valence-electron chi connectivity index (χ4n) is 1.56. The van der Waals surface area contributed by atoms with Crippen molar-refractivity contribution in [2.24, 2.45) is 0 Å². The molecule has 0 fully saturated rings. The molecule has 2 rings (SSSR count). The second-order valence-corrected chi connectivity index (χ2v) is 4.68. The van der Waals surface area contributed by atoms with Crippen LogP contribution in [-0.4, -0.2) is 10.1 Å². The third-order valence-electron chi connectivity index (χ3n) is 2.25. The van der Waals surface area contributed by atoms with E-state index >= 15 is 0 Å². The Balaban J connectivity index is 2.37. The third kappa shape index (κ3) is 2.28. The highest BCUT2D eigenvalue weighted by atomic mass is 32.1. The van der Waals surface area contributed by atoms with Crippen molar-refractivity contribution in [3.05, 3.63) is 51.2 Å². The van der Waals surface area contributed by atoms with E-state index in [1.165, 1.54) is 23.5 Å². The first-order valence-electron chi connectivity index (χ1n) is 4.93. The maximum Gasteiger partial charge on any atom is 0.131 e. The van der Waals surface area contributed by atoms with E-state index in [4.69, 9.17) is 0 Å². The summed E-state index contributed by atoms with van der Waals surface area (Å²) in [5, 5.41) is 12.5. The maximum absolute atomic E-state index is 13.2. The molecular formula is C12H12FNOS. The number of aliphatic hydroxyl groups excluding tert-OH is 1. The summed E-state index contributed by atoms with van der Waals surface area (Å²) < 4.78 is 13.2. The van der Waals surface area contributed by atoms with Crippen molar-refractivity contribution in [1.82, 2.24) is 4.98 Å². The summed E-state index contributed by atoms with van der Waals surface area (Å²) in [5.41, 5.74) is 2.21. The molecule has 0 aliphatic carbocycles. The Kier molecular flexibility index (Phi) is 3.03. The molecule has 0 saturated carbocycles. The zero-order chi connectivity index (χ0) is 11.7. The second kappa shape index (κ2) is 4.31. The highest BCUT2D eigenvalue weighted by Crippen LogP contribution is 2.26. The first-order chi connectivity index (χ1) is 7.56. The zero-order valence-corrected chi connectivity index (χ0v) is 9.88. The van der Waals surface area contributed by atoms with Gasteiger partial charge in [0.15, 0.2) is 0 Å². The predicted octanol–water partition coefficient (Wildman–Crippen LogP) is 2.98. The van der Waals surface area contributed by atoms with Crippen LogP contribution >= 0.6 is 11.3 Å². The highest BCUT2D eigenvalue weighted by molar-refractivity contribution is 7.09. The minimum atomic E-state index is -0.840. The highest BCUT2D eigenvalue weighted by Gasteiger charge is 2.15. The lowest BCUT2D eigenvalue weighted by molar-refractivity contribution is 0.219. The van der Waals surface area contributed by atoms with Crippen molar-refractivity contribution >= 4 is 11.3 Å². The topological polar surface area (TPSA) is 33.1 Å². The molecule has 1 unspecified atom stereocenters. The lowest BCUT2D eigenvalue weighted by atomic mass is 10.1. The van der Waals surface area contributed by atoms with Crippen molar-refractivity contribution in [2.75, 3.05) is 0 Å². The van der Waals surface area contributed by atoms with Gasteiger partial charge in [0, 0.05) is 11.1 Å². The molecule has 4 heteroatoms. The quantitative estimate of drug-likeness (QED) is 0.871. The molecule has 0 bridgehead atoms. The Morgan fingerprint density at radius 3 is 2.62 bits per heavy atom. The lowest BCUT2D eigenvalue weighted by Gasteiger charge is -2.08. The SMILES string of the molecule is Cc1cc(F)cc(C(O)c2nc(C)cs2)c1. The Bertz CT molecular complexity index is 489. The van der Waals surface area contributed by atoms with Crippen LogP contribution in [0.25, 0.3) is 0 Å². The molecule has 1 aromatic heterocycles. The van der Waals surface area contributed by atoms with E-state index in [1.54, 1.807) is 13.0 Å². The van der Waals surface area contributed by atoms with Crippen molar-refractivity contribution in [3.63, 3.8) is 0 Å². The summed E-state index contributed by atoms with van der Waals surface area (Å²) in [6.45, 7) is 3.66. The molecule has 84 valence electrons. The molecule has 0 aliphatic heterocycles. The number of halogens is 1. The van der Waals surface area contributed by atoms with Crippen LogP contribution in [0.3, 0.4) is 0 Å². The Labute approximate surface area is 97.4 Å². The minimum Gasteiger partial charge on any atom is -0.381 e. The number of thiazole rings is 1. The number of aryl methyl sites for hydroxylation is 2. The van der Waals surface area contributed by atoms with Gasteiger partial charge in [-0.15, -0.1) is 11.3 Å². The minimum absolute atomic E-state index is 0.331. The van der Waals surface area contributed by atoms with E-state index in [2.05, 4.69) is 4.98 Å². The van der Waals surface area contributed by atoms with Crippen molar-refractivity contribution in [3.8, 4) is 0 Å². The normalized spacial score (nSPS) is 12.8. The number of rotatable bonds is 2. The van der Waals surface area contributed by atoms with Gasteiger partial charge in [-0.1, -0.05) is 6.07 Å². The first-order valence-corrected chi connectivity index (χ1v) is 5.81. The monoisotopic (exact) mass is 237 g/mol. The molecule has 0 amide bonds. The molecular weight excluding hydrogens is 225 g/mol. The summed E-state index contributed by atoms with van der Waals surface area (Å²) in [6, 6.07) is 4.54. The van der Waals surface area contributed by atoms with E-state index in [-0.39, 0.29) is 5.82 Å². The Hall–Kier alpha value is -1.26. The van der Waals surface area contributed by atoms with E-state index in [0.29, 0.717) is 10.6 Å². The fraction of sp³-hybridized carbons (Fsp3) is 0.250. The third-order valence-corrected chi connectivity index (χ3v) is 3.27. The molecule has 2 aromatic rings. The van der Waals surface area contributed by atoms with Crippen LogP contribution in [0.4, 0.5) is 4.39 Å². The van der Waals surface area contributed by atoms with Gasteiger partial charge in [-0.05, 0) is 37.1 Å². The number of benzene rings is 1. The summed E-state index contributed by atoms with van der Waals surface area (Å²) in [5.74, 6) is -0.331. The maximum atomic E-state index is 13.2. The second-order valence-electron chi connectivity index (χ2n) is 3.79. The van der Waals surface area contributed by atoms with E-state index in [9.17, 15) is 9.50 Å². The van der Waals surface area contributed by atoms with Crippen LogP contribution in [0.5, 0.6) is 0 Å². The molecule has 1 aromatic carbocycles. The molecule has 1 N–H and O–H groups in total. The fourth-order valence-corrected chi connectivity index (χ4v) is 2.37. The van der Waals surface area contributed by atoms with Crippen molar-refractivity contribution < 1.29 is 9.50 Å². The van der Waals surface area contributed by atoms with E-state index < -0.39 is 6.10 Å². The van der Waals surface area contributed by atoms with E-state index in [1.807, 2.05) is 12.3 Å². The molecule has 1 heterocycles. The molecule has 2 nitrogen and oxygen atoms in total. The largest absolute Gasteiger partial charge is 0.381 e. The number of aromatic nitrogens is 1. The average Bonchev–Trinajstić information content (AvgIpc) is 2.62. The predicted molar refractivity (Wildman–Crippen MR) is 62.0 cm³/mol. The number of hydrogen-bond donors (Lipinski definition) is 1. The van der Waals surface area contributed by atoms with Gasteiger partial charge in [0.1, 0.15) is 16.9 Å². The average molecular weight is 237 g/mol. The molecule has 1 atom stereocenters. The van der Waals surface area contributed by atoms with Crippen LogP contribution < -0.4 is 0 Å². The van der Waals surface area contributed by atoms with Gasteiger partial charge in [-0.3, -0.25) is 0 Å². The standard InChI is InChI=1S/C12H12FNOS/c1-7-3-9(5-10(13)4-7)11(15)12-14-8(2)6-16-12/h3-6,11,15H,1-2H3. The van der Waals surface area contributed by atoms with Crippen LogP contribution in [0, 0.1) is 19.7 Å². The van der Waals surface area contributed by atoms with Crippen LogP contribution in [0.2, 0.25) is 0 Å². The lowest BCUT2D eigenvalue weighted by Crippen LogP contribution is -2.00. The van der Waals surface area contributed by atoms with E-state index in [0.717, 1.165) is 11.3 Å². The van der Waals surface area contributed by atoms with Gasteiger partial charge >= 0.3 is 0 Å². The van der Waals surface area contributed by atoms with Crippen LogP contribution in [0.15, 0.2) is 23.6 Å². The van der Waals surface area contributed by atoms with Crippen molar-refractivity contribution in [2.45, 2.75) is 20.0 Å². The summed E-state index contributed by atoms with van der Waals surface area (Å²) in [7, 11) is 0. The van der Waals surface area contributed by atoms with Gasteiger partial charge in [0.25, 0.3) is 0 Å². The molecule has 0 aliphatic rings. The van der Waals surface area contributed by atoms with Gasteiger partial charge in [-0.25, -0.2) is 9.37 Å². The summed E-state index contributed by atoms with van der Waals surface area (Å²) >= 11 is 1.38. The number of aliphatic hydroxyl groups is 1. The van der Waals surface area contributed by atoms with Crippen molar-refractivity contribution in [1.29, 1.82) is 0 Å². The number of hydrogen-bond acceptors (Lipinski definition) is 3. The van der Waals surface area contributed by atoms with Gasteiger partial charge in [0.05, 0.1) is 0 Å². The van der Waals surface area contributed by atoms with Gasteiger partial charge in [-0.2, -0.15) is 0 Å². The van der Waals surface area contributed by atoms with Gasteiger partial charge in [0.2, 0.25) is 0 Å². The van der Waals surface area contributed by atoms with Gasteiger partial charge < -0.3 is 5.11 Å². The zero-order valence-electron chi connectivity index (χ0n) is 9.07. The summed E-state index contributed by atoms with van der Waals surface area (Å²) in [6.07, 6.45) is -0.840. The van der Waals surface area contributed by atoms with Crippen LogP contribution in [0.1, 0.15) is 27.9 Å².